The Labute approximate surface area is 112 Å². The molecular formula is C12H20N4OS. The first-order chi connectivity index (χ1) is 8.65. The molecule has 0 aliphatic carbocycles. The minimum atomic E-state index is 0.00187. The van der Waals surface area contributed by atoms with Crippen molar-refractivity contribution in [2.75, 3.05) is 25.4 Å². The van der Waals surface area contributed by atoms with Gasteiger partial charge in [0, 0.05) is 37.3 Å². The first kappa shape index (κ1) is 13.3. The van der Waals surface area contributed by atoms with E-state index in [0.717, 1.165) is 37.5 Å². The van der Waals surface area contributed by atoms with Gasteiger partial charge in [-0.2, -0.15) is 0 Å². The number of anilines is 1. The fourth-order valence-corrected chi connectivity index (χ4v) is 3.12. The number of aromatic nitrogens is 1. The van der Waals surface area contributed by atoms with Crippen molar-refractivity contribution in [1.29, 1.82) is 0 Å². The molecular weight excluding hydrogens is 248 g/mol. The molecule has 0 aromatic carbocycles. The molecule has 100 valence electrons. The zero-order valence-corrected chi connectivity index (χ0v) is 11.7. The summed E-state index contributed by atoms with van der Waals surface area (Å²) in [6, 6.07) is 0.00187. The Balaban J connectivity index is 2.06. The highest BCUT2D eigenvalue weighted by Gasteiger charge is 2.32. The van der Waals surface area contributed by atoms with Crippen molar-refractivity contribution in [3.63, 3.8) is 0 Å². The number of nitrogens with zero attached hydrogens (tertiary/aromatic N) is 3. The Hall–Kier alpha value is -1.14. The van der Waals surface area contributed by atoms with E-state index in [1.165, 1.54) is 11.3 Å². The topological polar surface area (TPSA) is 62.5 Å². The van der Waals surface area contributed by atoms with E-state index in [-0.39, 0.29) is 11.9 Å². The van der Waals surface area contributed by atoms with E-state index in [1.54, 1.807) is 0 Å². The molecule has 1 amide bonds. The van der Waals surface area contributed by atoms with Crippen molar-refractivity contribution >= 4 is 22.4 Å². The summed E-state index contributed by atoms with van der Waals surface area (Å²) in [4.78, 5) is 21.6. The van der Waals surface area contributed by atoms with Gasteiger partial charge in [0.05, 0.1) is 6.04 Å². The van der Waals surface area contributed by atoms with Gasteiger partial charge in [-0.15, -0.1) is 11.3 Å². The van der Waals surface area contributed by atoms with Crippen molar-refractivity contribution in [2.24, 2.45) is 0 Å². The van der Waals surface area contributed by atoms with E-state index < -0.39 is 0 Å². The molecule has 5 nitrogen and oxygen atoms in total. The van der Waals surface area contributed by atoms with Gasteiger partial charge in [0.25, 0.3) is 0 Å². The van der Waals surface area contributed by atoms with Crippen molar-refractivity contribution in [3.05, 3.63) is 11.1 Å². The first-order valence-corrected chi connectivity index (χ1v) is 7.20. The lowest BCUT2D eigenvalue weighted by Gasteiger charge is -2.39. The Bertz CT molecular complexity index is 420. The molecule has 1 saturated heterocycles. The number of thiazole rings is 1. The summed E-state index contributed by atoms with van der Waals surface area (Å²) in [5, 5.41) is 0.594. The number of hydrogen-bond acceptors (Lipinski definition) is 5. The van der Waals surface area contributed by atoms with E-state index in [2.05, 4.69) is 16.8 Å². The average Bonchev–Trinajstić information content (AvgIpc) is 2.75. The van der Waals surface area contributed by atoms with Crippen molar-refractivity contribution in [1.82, 2.24) is 14.8 Å². The molecule has 18 heavy (non-hydrogen) atoms. The summed E-state index contributed by atoms with van der Waals surface area (Å²) in [6.07, 6.45) is 2.66. The van der Waals surface area contributed by atoms with E-state index >= 15 is 0 Å². The van der Waals surface area contributed by atoms with E-state index in [4.69, 9.17) is 5.73 Å². The lowest BCUT2D eigenvalue weighted by atomic mass is 10.1. The third-order valence-electron chi connectivity index (χ3n) is 3.39. The highest BCUT2D eigenvalue weighted by Crippen LogP contribution is 2.21. The number of amides is 1. The average molecular weight is 268 g/mol. The lowest BCUT2D eigenvalue weighted by molar-refractivity contribution is -0.142. The van der Waals surface area contributed by atoms with Crippen LogP contribution >= 0.6 is 11.3 Å². The van der Waals surface area contributed by atoms with Crippen LogP contribution in [-0.4, -0.2) is 46.4 Å². The van der Waals surface area contributed by atoms with Crippen LogP contribution in [0.25, 0.3) is 0 Å². The fraction of sp³-hybridized carbons (Fsp3) is 0.667. The first-order valence-electron chi connectivity index (χ1n) is 6.38. The number of rotatable bonds is 4. The molecule has 0 saturated carbocycles. The van der Waals surface area contributed by atoms with Crippen molar-refractivity contribution in [2.45, 2.75) is 32.9 Å². The normalized spacial score (nSPS) is 21.6. The van der Waals surface area contributed by atoms with Crippen molar-refractivity contribution in [3.8, 4) is 0 Å². The van der Waals surface area contributed by atoms with Gasteiger partial charge < -0.3 is 10.6 Å². The Morgan fingerprint density at radius 2 is 2.28 bits per heavy atom. The number of carbonyl (C=O) groups excluding carboxylic acids is 1. The van der Waals surface area contributed by atoms with E-state index in [0.29, 0.717) is 5.13 Å². The molecule has 0 spiro atoms. The van der Waals surface area contributed by atoms with Gasteiger partial charge in [-0.05, 0) is 13.3 Å². The molecule has 1 unspecified atom stereocenters. The number of carbonyl (C=O) groups is 1. The van der Waals surface area contributed by atoms with Gasteiger partial charge >= 0.3 is 0 Å². The molecule has 1 fully saturated rings. The van der Waals surface area contributed by atoms with Crippen LogP contribution in [-0.2, 0) is 11.3 Å². The van der Waals surface area contributed by atoms with Crippen LogP contribution in [0.5, 0.6) is 0 Å². The van der Waals surface area contributed by atoms with Gasteiger partial charge in [0.1, 0.15) is 0 Å². The largest absolute Gasteiger partial charge is 0.375 e. The van der Waals surface area contributed by atoms with Crippen molar-refractivity contribution < 1.29 is 4.79 Å². The maximum Gasteiger partial charge on any atom is 0.239 e. The van der Waals surface area contributed by atoms with Crippen LogP contribution in [0.3, 0.4) is 0 Å². The standard InChI is InChI=1S/C12H20N4OS/c1-3-10-11(17)15(4-2)5-6-16(10)8-9-7-14-12(13)18-9/h7,10H,3-6,8H2,1-2H3,(H2,13,14). The second-order valence-electron chi connectivity index (χ2n) is 4.48. The van der Waals surface area contributed by atoms with Gasteiger partial charge in [-0.3, -0.25) is 9.69 Å². The molecule has 0 bridgehead atoms. The van der Waals surface area contributed by atoms with Gasteiger partial charge in [0.2, 0.25) is 5.91 Å². The SMILES string of the molecule is CCC1C(=O)N(CC)CCN1Cc1cnc(N)s1. The minimum absolute atomic E-state index is 0.00187. The third kappa shape index (κ3) is 2.64. The van der Waals surface area contributed by atoms with Gasteiger partial charge in [-0.25, -0.2) is 4.98 Å². The maximum absolute atomic E-state index is 12.2. The number of likely N-dealkylation sites (N-methyl/N-ethyl adjacent to an activating group) is 1. The van der Waals surface area contributed by atoms with Crippen LogP contribution in [0, 0.1) is 0 Å². The van der Waals surface area contributed by atoms with Crippen LogP contribution in [0.4, 0.5) is 5.13 Å². The Kier molecular flexibility index (Phi) is 4.19. The van der Waals surface area contributed by atoms with Gasteiger partial charge in [-0.1, -0.05) is 6.92 Å². The summed E-state index contributed by atoms with van der Waals surface area (Å²) < 4.78 is 0. The highest BCUT2D eigenvalue weighted by molar-refractivity contribution is 7.15. The zero-order valence-electron chi connectivity index (χ0n) is 10.9. The predicted octanol–water partition coefficient (Wildman–Crippen LogP) is 1.17. The Morgan fingerprint density at radius 1 is 1.50 bits per heavy atom. The number of nitrogen functional groups attached to an aromatic ring is 1. The maximum atomic E-state index is 12.2. The quantitative estimate of drug-likeness (QED) is 0.890. The summed E-state index contributed by atoms with van der Waals surface area (Å²) >= 11 is 1.50. The molecule has 0 radical (unpaired) electrons. The fourth-order valence-electron chi connectivity index (χ4n) is 2.41. The third-order valence-corrected chi connectivity index (χ3v) is 4.20. The number of hydrogen-bond donors (Lipinski definition) is 1. The zero-order chi connectivity index (χ0) is 13.1. The van der Waals surface area contributed by atoms with Crippen LogP contribution in [0.2, 0.25) is 0 Å². The molecule has 1 aliphatic rings. The minimum Gasteiger partial charge on any atom is -0.375 e. The van der Waals surface area contributed by atoms with Crippen LogP contribution in [0.1, 0.15) is 25.1 Å². The van der Waals surface area contributed by atoms with Crippen LogP contribution < -0.4 is 5.73 Å². The molecule has 2 heterocycles. The molecule has 6 heteroatoms. The predicted molar refractivity (Wildman–Crippen MR) is 73.3 cm³/mol. The number of piperazine rings is 1. The van der Waals surface area contributed by atoms with Crippen LogP contribution in [0.15, 0.2) is 6.20 Å². The summed E-state index contributed by atoms with van der Waals surface area (Å²) in [7, 11) is 0. The summed E-state index contributed by atoms with van der Waals surface area (Å²) in [6.45, 7) is 7.42. The molecule has 2 rings (SSSR count). The second-order valence-corrected chi connectivity index (χ2v) is 5.62. The second kappa shape index (κ2) is 5.67. The monoisotopic (exact) mass is 268 g/mol. The Morgan fingerprint density at radius 3 is 2.83 bits per heavy atom. The number of nitrogens with two attached hydrogens (primary N) is 1. The molecule has 1 aliphatic heterocycles. The summed E-state index contributed by atoms with van der Waals surface area (Å²) in [5.41, 5.74) is 5.64. The lowest BCUT2D eigenvalue weighted by Crippen LogP contribution is -2.56. The smallest absolute Gasteiger partial charge is 0.239 e. The van der Waals surface area contributed by atoms with E-state index in [9.17, 15) is 4.79 Å². The molecule has 1 aromatic heterocycles. The molecule has 1 atom stereocenters. The molecule has 1 aromatic rings. The van der Waals surface area contributed by atoms with E-state index in [1.807, 2.05) is 18.0 Å². The summed E-state index contributed by atoms with van der Waals surface area (Å²) in [5.74, 6) is 0.253. The van der Waals surface area contributed by atoms with Gasteiger partial charge in [0.15, 0.2) is 5.13 Å². The highest BCUT2D eigenvalue weighted by atomic mass is 32.1. The molecule has 2 N–H and O–H groups in total.